The minimum Gasteiger partial charge on any atom is -0.493 e. The van der Waals surface area contributed by atoms with Gasteiger partial charge < -0.3 is 19.9 Å². The molecule has 1 aliphatic rings. The number of benzene rings is 2. The van der Waals surface area contributed by atoms with Crippen molar-refractivity contribution in [1.82, 2.24) is 5.32 Å². The molecule has 5 heteroatoms. The van der Waals surface area contributed by atoms with Gasteiger partial charge in [0.2, 0.25) is 0 Å². The Morgan fingerprint density at radius 3 is 2.67 bits per heavy atom. The molecule has 24 heavy (non-hydrogen) atoms. The summed E-state index contributed by atoms with van der Waals surface area (Å²) in [5.41, 5.74) is 2.09. The number of carboxylic acid groups (broad SMARTS) is 1. The van der Waals surface area contributed by atoms with Crippen LogP contribution in [0.1, 0.15) is 23.6 Å². The third-order valence-electron chi connectivity index (χ3n) is 4.31. The Bertz CT molecular complexity index is 702. The van der Waals surface area contributed by atoms with E-state index in [1.807, 2.05) is 48.5 Å². The predicted molar refractivity (Wildman–Crippen MR) is 90.3 cm³/mol. The maximum atomic E-state index is 11.1. The fourth-order valence-corrected chi connectivity index (χ4v) is 2.94. The van der Waals surface area contributed by atoms with Crippen molar-refractivity contribution in [2.45, 2.75) is 19.1 Å². The van der Waals surface area contributed by atoms with Gasteiger partial charge in [-0.1, -0.05) is 36.4 Å². The van der Waals surface area contributed by atoms with Gasteiger partial charge in [-0.05, 0) is 29.7 Å². The molecule has 1 aliphatic heterocycles. The number of rotatable bonds is 6. The lowest BCUT2D eigenvalue weighted by Crippen LogP contribution is -2.17. The quantitative estimate of drug-likeness (QED) is 0.854. The van der Waals surface area contributed by atoms with Crippen molar-refractivity contribution >= 4 is 5.97 Å². The molecule has 1 fully saturated rings. The van der Waals surface area contributed by atoms with Gasteiger partial charge in [0.15, 0.2) is 11.5 Å². The molecule has 5 nitrogen and oxygen atoms in total. The van der Waals surface area contributed by atoms with Crippen molar-refractivity contribution in [3.8, 4) is 11.5 Å². The van der Waals surface area contributed by atoms with Crippen LogP contribution in [0.3, 0.4) is 0 Å². The highest BCUT2D eigenvalue weighted by atomic mass is 16.5. The van der Waals surface area contributed by atoms with E-state index in [9.17, 15) is 4.79 Å². The van der Waals surface area contributed by atoms with Crippen molar-refractivity contribution in [3.05, 3.63) is 59.7 Å². The van der Waals surface area contributed by atoms with Crippen LogP contribution < -0.4 is 14.8 Å². The summed E-state index contributed by atoms with van der Waals surface area (Å²) in [6.07, 6.45) is 0.583. The van der Waals surface area contributed by atoms with Crippen LogP contribution >= 0.6 is 0 Å². The third-order valence-corrected chi connectivity index (χ3v) is 4.31. The number of hydrogen-bond acceptors (Lipinski definition) is 4. The molecule has 0 amide bonds. The van der Waals surface area contributed by atoms with Crippen molar-refractivity contribution in [3.63, 3.8) is 0 Å². The summed E-state index contributed by atoms with van der Waals surface area (Å²) >= 11 is 0. The number of carbonyl (C=O) groups is 1. The van der Waals surface area contributed by atoms with E-state index in [1.165, 1.54) is 0 Å². The summed E-state index contributed by atoms with van der Waals surface area (Å²) in [6, 6.07) is 15.7. The minimum atomic E-state index is -0.751. The fraction of sp³-hybridized carbons (Fsp3) is 0.316. The molecule has 0 spiro atoms. The average molecular weight is 327 g/mol. The molecule has 0 bridgehead atoms. The molecule has 126 valence electrons. The summed E-state index contributed by atoms with van der Waals surface area (Å²) in [5.74, 6) is 0.242. The Morgan fingerprint density at radius 2 is 2.00 bits per heavy atom. The van der Waals surface area contributed by atoms with Gasteiger partial charge in [-0.25, -0.2) is 0 Å². The molecule has 2 aromatic carbocycles. The molecule has 3 rings (SSSR count). The second kappa shape index (κ2) is 7.36. The zero-order valence-electron chi connectivity index (χ0n) is 13.6. The molecule has 2 aromatic rings. The van der Waals surface area contributed by atoms with E-state index in [0.717, 1.165) is 11.1 Å². The van der Waals surface area contributed by atoms with Gasteiger partial charge in [0.05, 0.1) is 13.0 Å². The number of nitrogens with one attached hydrogen (secondary N) is 1. The maximum Gasteiger partial charge on any atom is 0.307 e. The Morgan fingerprint density at radius 1 is 1.21 bits per heavy atom. The topological polar surface area (TPSA) is 67.8 Å². The lowest BCUT2D eigenvalue weighted by atomic mass is 10.00. The van der Waals surface area contributed by atoms with E-state index >= 15 is 0 Å². The van der Waals surface area contributed by atoms with Crippen molar-refractivity contribution in [1.29, 1.82) is 0 Å². The van der Waals surface area contributed by atoms with Gasteiger partial charge >= 0.3 is 5.97 Å². The maximum absolute atomic E-state index is 11.1. The first-order valence-electron chi connectivity index (χ1n) is 7.98. The van der Waals surface area contributed by atoms with Crippen LogP contribution in [-0.2, 0) is 11.4 Å². The van der Waals surface area contributed by atoms with Crippen molar-refractivity contribution < 1.29 is 19.4 Å². The van der Waals surface area contributed by atoms with E-state index in [2.05, 4.69) is 5.32 Å². The smallest absolute Gasteiger partial charge is 0.307 e. The molecular formula is C19H21NO4. The number of aliphatic carboxylic acids is 1. The molecule has 2 N–H and O–H groups in total. The van der Waals surface area contributed by atoms with E-state index in [-0.39, 0.29) is 12.0 Å². The molecule has 0 saturated carbocycles. The largest absolute Gasteiger partial charge is 0.493 e. The Kier molecular flexibility index (Phi) is 5.01. The van der Waals surface area contributed by atoms with Crippen LogP contribution in [-0.4, -0.2) is 24.7 Å². The van der Waals surface area contributed by atoms with Crippen LogP contribution in [0.4, 0.5) is 0 Å². The molecular weight excluding hydrogens is 306 g/mol. The standard InChI is InChI=1S/C19H21NO4/c1-23-17-8-7-14(16-9-15(11-20-16)19(21)22)10-18(17)24-12-13-5-3-2-4-6-13/h2-8,10,15-16,20H,9,11-12H2,1H3,(H,21,22). The molecule has 1 heterocycles. The Hall–Kier alpha value is -2.53. The zero-order valence-corrected chi connectivity index (χ0v) is 13.6. The van der Waals surface area contributed by atoms with Crippen LogP contribution in [0.2, 0.25) is 0 Å². The zero-order chi connectivity index (χ0) is 16.9. The summed E-state index contributed by atoms with van der Waals surface area (Å²) in [4.78, 5) is 11.1. The average Bonchev–Trinajstić information content (AvgIpc) is 3.11. The van der Waals surface area contributed by atoms with Crippen molar-refractivity contribution in [2.24, 2.45) is 5.92 Å². The molecule has 2 atom stereocenters. The summed E-state index contributed by atoms with van der Waals surface area (Å²) < 4.78 is 11.3. The van der Waals surface area contributed by atoms with Gasteiger partial charge in [-0.15, -0.1) is 0 Å². The lowest BCUT2D eigenvalue weighted by Gasteiger charge is -2.16. The van der Waals surface area contributed by atoms with Crippen molar-refractivity contribution in [2.75, 3.05) is 13.7 Å². The van der Waals surface area contributed by atoms with E-state index in [1.54, 1.807) is 7.11 Å². The summed E-state index contributed by atoms with van der Waals surface area (Å²) in [6.45, 7) is 0.947. The lowest BCUT2D eigenvalue weighted by molar-refractivity contribution is -0.141. The van der Waals surface area contributed by atoms with E-state index in [4.69, 9.17) is 14.6 Å². The van der Waals surface area contributed by atoms with E-state index < -0.39 is 5.97 Å². The van der Waals surface area contributed by atoms with Gasteiger partial charge in [-0.3, -0.25) is 4.79 Å². The van der Waals surface area contributed by atoms with Crippen LogP contribution in [0, 0.1) is 5.92 Å². The Labute approximate surface area is 141 Å². The number of hydrogen-bond donors (Lipinski definition) is 2. The van der Waals surface area contributed by atoms with Crippen LogP contribution in [0.15, 0.2) is 48.5 Å². The fourth-order valence-electron chi connectivity index (χ4n) is 2.94. The SMILES string of the molecule is COc1ccc(C2CC(C(=O)O)CN2)cc1OCc1ccccc1. The van der Waals surface area contributed by atoms with Gasteiger partial charge in [-0.2, -0.15) is 0 Å². The molecule has 0 radical (unpaired) electrons. The molecule has 0 aromatic heterocycles. The Balaban J connectivity index is 1.74. The number of carboxylic acids is 1. The monoisotopic (exact) mass is 327 g/mol. The normalized spacial score (nSPS) is 19.9. The summed E-state index contributed by atoms with van der Waals surface area (Å²) in [7, 11) is 1.61. The number of ether oxygens (including phenoxy) is 2. The molecule has 1 saturated heterocycles. The van der Waals surface area contributed by atoms with Gasteiger partial charge in [0.1, 0.15) is 6.61 Å². The van der Waals surface area contributed by atoms with E-state index in [0.29, 0.717) is 31.1 Å². The summed E-state index contributed by atoms with van der Waals surface area (Å²) in [5, 5.41) is 12.4. The number of methoxy groups -OCH3 is 1. The molecule has 0 aliphatic carbocycles. The van der Waals surface area contributed by atoms with Gasteiger partial charge in [0.25, 0.3) is 0 Å². The first-order valence-corrected chi connectivity index (χ1v) is 7.98. The molecule has 2 unspecified atom stereocenters. The first kappa shape index (κ1) is 16.3. The highest BCUT2D eigenvalue weighted by molar-refractivity contribution is 5.70. The second-order valence-electron chi connectivity index (χ2n) is 5.92. The highest BCUT2D eigenvalue weighted by Gasteiger charge is 2.30. The van der Waals surface area contributed by atoms with Gasteiger partial charge in [0, 0.05) is 12.6 Å². The predicted octanol–water partition coefficient (Wildman–Crippen LogP) is 3.01. The van der Waals surface area contributed by atoms with Crippen LogP contribution in [0.25, 0.3) is 0 Å². The third kappa shape index (κ3) is 3.68. The minimum absolute atomic E-state index is 0.0241. The first-order chi connectivity index (χ1) is 11.7. The second-order valence-corrected chi connectivity index (χ2v) is 5.92. The van der Waals surface area contributed by atoms with Crippen LogP contribution in [0.5, 0.6) is 11.5 Å². The highest BCUT2D eigenvalue weighted by Crippen LogP contribution is 2.34.